The van der Waals surface area contributed by atoms with Crippen molar-refractivity contribution in [1.29, 1.82) is 0 Å². The number of Topliss-reactive ketones (excluding diaryl/α,β-unsaturated/α-hetero) is 1. The van der Waals surface area contributed by atoms with Crippen LogP contribution in [0.5, 0.6) is 0 Å². The molecule has 0 fully saturated rings. The van der Waals surface area contributed by atoms with E-state index >= 15 is 0 Å². The minimum Gasteiger partial charge on any atom is -0.300 e. The quantitative estimate of drug-likeness (QED) is 0.807. The van der Waals surface area contributed by atoms with Crippen LogP contribution in [0.4, 0.5) is 5.69 Å². The number of anilines is 1. The van der Waals surface area contributed by atoms with E-state index in [1.807, 2.05) is 43.3 Å². The summed E-state index contributed by atoms with van der Waals surface area (Å²) in [7, 11) is 0. The average molecular weight is 291 g/mol. The van der Waals surface area contributed by atoms with Crippen LogP contribution < -0.4 is 4.90 Å². The van der Waals surface area contributed by atoms with Gasteiger partial charge in [0.1, 0.15) is 0 Å². The van der Waals surface area contributed by atoms with Crippen molar-refractivity contribution in [3.8, 4) is 0 Å². The summed E-state index contributed by atoms with van der Waals surface area (Å²) in [6, 6.07) is 13.3. The number of nitrogens with zero attached hydrogens (tertiary/aromatic N) is 1. The van der Waals surface area contributed by atoms with Gasteiger partial charge in [-0.1, -0.05) is 36.4 Å². The molecule has 3 heteroatoms. The van der Waals surface area contributed by atoms with Crippen LogP contribution in [0, 0.1) is 6.92 Å². The molecule has 0 atom stereocenters. The van der Waals surface area contributed by atoms with E-state index in [0.29, 0.717) is 17.8 Å². The number of allylic oxidation sites excluding steroid dienone is 1. The van der Waals surface area contributed by atoms with E-state index in [1.165, 1.54) is 5.56 Å². The molecule has 1 amide bonds. The lowest BCUT2D eigenvalue weighted by atomic mass is 10.0. The molecule has 1 aliphatic rings. The molecule has 0 aromatic heterocycles. The maximum absolute atomic E-state index is 12.2. The van der Waals surface area contributed by atoms with Crippen molar-refractivity contribution in [3.63, 3.8) is 0 Å². The first-order valence-electron chi connectivity index (χ1n) is 7.29. The molecule has 0 aliphatic carbocycles. The van der Waals surface area contributed by atoms with Crippen molar-refractivity contribution < 1.29 is 9.59 Å². The number of aryl methyl sites for hydroxylation is 1. The first kappa shape index (κ1) is 14.3. The van der Waals surface area contributed by atoms with Crippen LogP contribution in [0.3, 0.4) is 0 Å². The minimum absolute atomic E-state index is 0.409. The number of ketones is 1. The van der Waals surface area contributed by atoms with Crippen molar-refractivity contribution in [2.24, 2.45) is 0 Å². The zero-order valence-corrected chi connectivity index (χ0v) is 12.7. The zero-order valence-electron chi connectivity index (χ0n) is 12.7. The number of para-hydroxylation sites is 1. The van der Waals surface area contributed by atoms with E-state index in [2.05, 4.69) is 13.0 Å². The topological polar surface area (TPSA) is 37.4 Å². The van der Waals surface area contributed by atoms with Crippen LogP contribution in [-0.2, 0) is 11.3 Å². The van der Waals surface area contributed by atoms with Crippen LogP contribution in [0.15, 0.2) is 48.5 Å². The van der Waals surface area contributed by atoms with Crippen LogP contribution >= 0.6 is 0 Å². The smallest absolute Gasteiger partial charge is 0.299 e. The molecule has 2 aromatic rings. The van der Waals surface area contributed by atoms with Crippen LogP contribution in [0.1, 0.15) is 34.0 Å². The highest BCUT2D eigenvalue weighted by atomic mass is 16.2. The normalized spacial score (nSPS) is 14.0. The van der Waals surface area contributed by atoms with Gasteiger partial charge in [-0.05, 0) is 48.7 Å². The van der Waals surface area contributed by atoms with E-state index in [4.69, 9.17) is 0 Å². The Morgan fingerprint density at radius 1 is 1.09 bits per heavy atom. The Hall–Kier alpha value is -2.68. The van der Waals surface area contributed by atoms with Gasteiger partial charge in [-0.2, -0.15) is 0 Å². The monoisotopic (exact) mass is 291 g/mol. The van der Waals surface area contributed by atoms with E-state index in [-0.39, 0.29) is 0 Å². The molecule has 0 unspecified atom stereocenters. The van der Waals surface area contributed by atoms with Crippen LogP contribution in [0.25, 0.3) is 6.08 Å². The highest BCUT2D eigenvalue weighted by Crippen LogP contribution is 2.30. The summed E-state index contributed by atoms with van der Waals surface area (Å²) >= 11 is 0. The lowest BCUT2D eigenvalue weighted by Crippen LogP contribution is -2.29. The maximum atomic E-state index is 12.2. The molecule has 1 heterocycles. The third kappa shape index (κ3) is 2.35. The third-order valence-electron chi connectivity index (χ3n) is 3.91. The highest BCUT2D eigenvalue weighted by molar-refractivity contribution is 6.52. The minimum atomic E-state index is -0.450. The second-order valence-electron chi connectivity index (χ2n) is 5.43. The zero-order chi connectivity index (χ0) is 15.7. The van der Waals surface area contributed by atoms with Gasteiger partial charge in [0.15, 0.2) is 0 Å². The predicted octanol–water partition coefficient (Wildman–Crippen LogP) is 3.76. The molecule has 0 spiro atoms. The first-order valence-corrected chi connectivity index (χ1v) is 7.29. The van der Waals surface area contributed by atoms with Gasteiger partial charge in [0.05, 0.1) is 17.8 Å². The molecule has 2 aromatic carbocycles. The SMILES string of the molecule is CC=Cc1cc(CN2C(=O)C(=O)c3ccccc32)ccc1C. The Morgan fingerprint density at radius 2 is 1.86 bits per heavy atom. The lowest BCUT2D eigenvalue weighted by molar-refractivity contribution is -0.114. The van der Waals surface area contributed by atoms with E-state index in [1.54, 1.807) is 17.0 Å². The number of benzene rings is 2. The number of amides is 1. The summed E-state index contributed by atoms with van der Waals surface area (Å²) < 4.78 is 0. The van der Waals surface area contributed by atoms with Crippen LogP contribution in [-0.4, -0.2) is 11.7 Å². The Bertz CT molecular complexity index is 790. The molecule has 0 saturated heterocycles. The first-order chi connectivity index (χ1) is 10.6. The summed E-state index contributed by atoms with van der Waals surface area (Å²) in [5.74, 6) is -0.870. The second-order valence-corrected chi connectivity index (χ2v) is 5.43. The maximum Gasteiger partial charge on any atom is 0.299 e. The molecule has 0 bridgehead atoms. The molecular weight excluding hydrogens is 274 g/mol. The molecule has 3 rings (SSSR count). The number of hydrogen-bond acceptors (Lipinski definition) is 2. The summed E-state index contributed by atoms with van der Waals surface area (Å²) in [5, 5.41) is 0. The standard InChI is InChI=1S/C19H17NO2/c1-3-6-15-11-14(10-9-13(15)2)12-20-17-8-5-4-7-16(17)18(21)19(20)22/h3-11H,12H2,1-2H3. The Morgan fingerprint density at radius 3 is 2.64 bits per heavy atom. The number of carbonyl (C=O) groups excluding carboxylic acids is 2. The lowest BCUT2D eigenvalue weighted by Gasteiger charge is -2.17. The molecule has 110 valence electrons. The number of hydrogen-bond donors (Lipinski definition) is 0. The van der Waals surface area contributed by atoms with Gasteiger partial charge in [-0.15, -0.1) is 0 Å². The van der Waals surface area contributed by atoms with Gasteiger partial charge in [0.2, 0.25) is 0 Å². The van der Waals surface area contributed by atoms with Gasteiger partial charge in [-0.25, -0.2) is 0 Å². The molecule has 0 radical (unpaired) electrons. The van der Waals surface area contributed by atoms with Gasteiger partial charge in [-0.3, -0.25) is 9.59 Å². The van der Waals surface area contributed by atoms with Gasteiger partial charge in [0.25, 0.3) is 11.7 Å². The fourth-order valence-corrected chi connectivity index (χ4v) is 2.74. The Balaban J connectivity index is 1.95. The van der Waals surface area contributed by atoms with E-state index in [9.17, 15) is 9.59 Å². The molecule has 0 saturated carbocycles. The Kier molecular flexibility index (Phi) is 3.63. The van der Waals surface area contributed by atoms with Crippen molar-refractivity contribution in [2.75, 3.05) is 4.90 Å². The largest absolute Gasteiger partial charge is 0.300 e. The van der Waals surface area contributed by atoms with Crippen LogP contribution in [0.2, 0.25) is 0 Å². The van der Waals surface area contributed by atoms with Crippen molar-refractivity contribution >= 4 is 23.5 Å². The number of fused-ring (bicyclic) bond motifs is 1. The molecule has 3 nitrogen and oxygen atoms in total. The molecule has 0 N–H and O–H groups in total. The highest BCUT2D eigenvalue weighted by Gasteiger charge is 2.35. The fourth-order valence-electron chi connectivity index (χ4n) is 2.74. The Labute approximate surface area is 129 Å². The van der Waals surface area contributed by atoms with E-state index in [0.717, 1.165) is 11.1 Å². The summed E-state index contributed by atoms with van der Waals surface area (Å²) in [5.41, 5.74) is 4.52. The summed E-state index contributed by atoms with van der Waals surface area (Å²) in [4.78, 5) is 25.8. The molecule has 1 aliphatic heterocycles. The third-order valence-corrected chi connectivity index (χ3v) is 3.91. The molecule has 22 heavy (non-hydrogen) atoms. The number of carbonyl (C=O) groups is 2. The number of rotatable bonds is 3. The van der Waals surface area contributed by atoms with Crippen molar-refractivity contribution in [1.82, 2.24) is 0 Å². The average Bonchev–Trinajstić information content (AvgIpc) is 2.76. The summed E-state index contributed by atoms with van der Waals surface area (Å²) in [6.07, 6.45) is 4.04. The van der Waals surface area contributed by atoms with Gasteiger partial charge < -0.3 is 4.90 Å². The summed E-state index contributed by atoms with van der Waals surface area (Å²) in [6.45, 7) is 4.44. The van der Waals surface area contributed by atoms with E-state index < -0.39 is 11.7 Å². The van der Waals surface area contributed by atoms with Gasteiger partial charge >= 0.3 is 0 Å². The van der Waals surface area contributed by atoms with Gasteiger partial charge in [0, 0.05) is 0 Å². The van der Waals surface area contributed by atoms with Crippen molar-refractivity contribution in [2.45, 2.75) is 20.4 Å². The fraction of sp³-hybridized carbons (Fsp3) is 0.158. The van der Waals surface area contributed by atoms with Crippen molar-refractivity contribution in [3.05, 3.63) is 70.8 Å². The second kappa shape index (κ2) is 5.60. The predicted molar refractivity (Wildman–Crippen MR) is 87.8 cm³/mol. The molecular formula is C19H17NO2.